The Balaban J connectivity index is 1.70. The molecule has 126 valence electrons. The average Bonchev–Trinajstić information content (AvgIpc) is 3.06. The molecule has 0 spiro atoms. The van der Waals surface area contributed by atoms with E-state index in [-0.39, 0.29) is 23.3 Å². The summed E-state index contributed by atoms with van der Waals surface area (Å²) in [5, 5.41) is 3.22. The zero-order chi connectivity index (χ0) is 16.4. The Labute approximate surface area is 145 Å². The number of piperazine rings is 1. The van der Waals surface area contributed by atoms with Gasteiger partial charge in [0.15, 0.2) is 0 Å². The smallest absolute Gasteiger partial charge is 0.243 e. The lowest BCUT2D eigenvalue weighted by molar-refractivity contribution is -0.135. The molecule has 2 aliphatic heterocycles. The van der Waals surface area contributed by atoms with Crippen molar-refractivity contribution < 1.29 is 13.2 Å². The zero-order valence-electron chi connectivity index (χ0n) is 12.7. The van der Waals surface area contributed by atoms with E-state index in [2.05, 4.69) is 21.2 Å². The minimum Gasteiger partial charge on any atom is -0.340 e. The second-order valence-electron chi connectivity index (χ2n) is 5.88. The second-order valence-corrected chi connectivity index (χ2v) is 8.73. The van der Waals surface area contributed by atoms with Crippen LogP contribution < -0.4 is 5.32 Å². The first-order valence-corrected chi connectivity index (χ1v) is 9.97. The topological polar surface area (TPSA) is 69.7 Å². The highest BCUT2D eigenvalue weighted by Crippen LogP contribution is 2.27. The van der Waals surface area contributed by atoms with Crippen LogP contribution in [0.25, 0.3) is 0 Å². The maximum absolute atomic E-state index is 12.7. The summed E-state index contributed by atoms with van der Waals surface area (Å²) in [5.74, 6) is -0.145. The number of hydrogen-bond acceptors (Lipinski definition) is 4. The zero-order valence-corrected chi connectivity index (χ0v) is 15.1. The molecule has 0 saturated carbocycles. The molecule has 1 unspecified atom stereocenters. The van der Waals surface area contributed by atoms with Crippen LogP contribution in [0.15, 0.2) is 33.6 Å². The highest BCUT2D eigenvalue weighted by atomic mass is 79.9. The molecule has 23 heavy (non-hydrogen) atoms. The van der Waals surface area contributed by atoms with Gasteiger partial charge < -0.3 is 10.2 Å². The van der Waals surface area contributed by atoms with Gasteiger partial charge in [-0.25, -0.2) is 8.42 Å². The molecule has 1 atom stereocenters. The molecule has 0 radical (unpaired) electrons. The van der Waals surface area contributed by atoms with Gasteiger partial charge in [0, 0.05) is 43.7 Å². The number of carbonyl (C=O) groups is 1. The lowest BCUT2D eigenvalue weighted by atomic mass is 10.1. The summed E-state index contributed by atoms with van der Waals surface area (Å²) >= 11 is 3.30. The third-order valence-corrected chi connectivity index (χ3v) is 6.72. The van der Waals surface area contributed by atoms with Gasteiger partial charge in [0.2, 0.25) is 15.9 Å². The molecule has 2 heterocycles. The minimum atomic E-state index is -3.54. The van der Waals surface area contributed by atoms with Crippen molar-refractivity contribution in [1.29, 1.82) is 0 Å². The van der Waals surface area contributed by atoms with Gasteiger partial charge >= 0.3 is 0 Å². The van der Waals surface area contributed by atoms with Crippen molar-refractivity contribution >= 4 is 31.9 Å². The normalized spacial score (nSPS) is 23.2. The molecule has 2 saturated heterocycles. The Morgan fingerprint density at radius 2 is 1.96 bits per heavy atom. The monoisotopic (exact) mass is 401 g/mol. The molecule has 0 aromatic heterocycles. The van der Waals surface area contributed by atoms with E-state index >= 15 is 0 Å². The number of carbonyl (C=O) groups excluding carboxylic acids is 1. The fraction of sp³-hybridized carbons (Fsp3) is 0.533. The summed E-state index contributed by atoms with van der Waals surface area (Å²) < 4.78 is 27.6. The minimum absolute atomic E-state index is 0.0819. The lowest BCUT2D eigenvalue weighted by Gasteiger charge is -2.29. The highest BCUT2D eigenvalue weighted by Gasteiger charge is 2.37. The molecule has 1 aromatic carbocycles. The fourth-order valence-corrected chi connectivity index (χ4v) is 5.17. The van der Waals surface area contributed by atoms with E-state index in [1.165, 1.54) is 4.31 Å². The number of rotatable bonds is 3. The standard InChI is InChI=1S/C15H20BrN3O3S/c16-13-2-1-3-14(10-13)23(21,22)19-7-4-12(11-19)15(20)18-8-5-17-6-9-18/h1-3,10,12,17H,4-9,11H2. The van der Waals surface area contributed by atoms with Crippen LogP contribution in [0, 0.1) is 5.92 Å². The Bertz CT molecular complexity index is 689. The largest absolute Gasteiger partial charge is 0.340 e. The first-order chi connectivity index (χ1) is 11.0. The molecule has 3 rings (SSSR count). The van der Waals surface area contributed by atoms with Crippen LogP contribution in [0.2, 0.25) is 0 Å². The molecule has 6 nitrogen and oxygen atoms in total. The SMILES string of the molecule is O=C(C1CCN(S(=O)(=O)c2cccc(Br)c2)C1)N1CCNCC1. The molecule has 0 bridgehead atoms. The quantitative estimate of drug-likeness (QED) is 0.816. The van der Waals surface area contributed by atoms with Gasteiger partial charge in [0.05, 0.1) is 10.8 Å². The molecule has 1 aromatic rings. The van der Waals surface area contributed by atoms with Crippen molar-refractivity contribution in [2.24, 2.45) is 5.92 Å². The predicted octanol–water partition coefficient (Wildman–Crippen LogP) is 0.892. The first-order valence-electron chi connectivity index (χ1n) is 7.74. The highest BCUT2D eigenvalue weighted by molar-refractivity contribution is 9.10. The van der Waals surface area contributed by atoms with Crippen molar-refractivity contribution in [3.05, 3.63) is 28.7 Å². The number of nitrogens with zero attached hydrogens (tertiary/aromatic N) is 2. The molecular weight excluding hydrogens is 382 g/mol. The van der Waals surface area contributed by atoms with E-state index in [1.807, 2.05) is 4.90 Å². The van der Waals surface area contributed by atoms with Crippen molar-refractivity contribution in [2.75, 3.05) is 39.3 Å². The first kappa shape index (κ1) is 16.9. The molecular formula is C15H20BrN3O3S. The van der Waals surface area contributed by atoms with E-state index in [0.717, 1.165) is 17.6 Å². The van der Waals surface area contributed by atoms with Gasteiger partial charge in [-0.15, -0.1) is 0 Å². The molecule has 2 fully saturated rings. The van der Waals surface area contributed by atoms with Crippen molar-refractivity contribution in [2.45, 2.75) is 11.3 Å². The van der Waals surface area contributed by atoms with Crippen LogP contribution in [0.3, 0.4) is 0 Å². The molecule has 2 aliphatic rings. The average molecular weight is 402 g/mol. The number of amides is 1. The van der Waals surface area contributed by atoms with Crippen LogP contribution in [0.5, 0.6) is 0 Å². The van der Waals surface area contributed by atoms with Crippen molar-refractivity contribution in [1.82, 2.24) is 14.5 Å². The number of hydrogen-bond donors (Lipinski definition) is 1. The summed E-state index contributed by atoms with van der Waals surface area (Å²) in [4.78, 5) is 14.6. The van der Waals surface area contributed by atoms with E-state index in [4.69, 9.17) is 0 Å². The third-order valence-electron chi connectivity index (χ3n) is 4.36. The number of halogens is 1. The number of benzene rings is 1. The Morgan fingerprint density at radius 1 is 1.22 bits per heavy atom. The van der Waals surface area contributed by atoms with E-state index in [9.17, 15) is 13.2 Å². The number of nitrogens with one attached hydrogen (secondary N) is 1. The van der Waals surface area contributed by atoms with Crippen molar-refractivity contribution in [3.8, 4) is 0 Å². The van der Waals surface area contributed by atoms with Gasteiger partial charge in [0.1, 0.15) is 0 Å². The summed E-state index contributed by atoms with van der Waals surface area (Å²) in [5.41, 5.74) is 0. The molecule has 1 N–H and O–H groups in total. The lowest BCUT2D eigenvalue weighted by Crippen LogP contribution is -2.48. The maximum atomic E-state index is 12.7. The van der Waals surface area contributed by atoms with Crippen LogP contribution in [-0.2, 0) is 14.8 Å². The summed E-state index contributed by atoms with van der Waals surface area (Å²) in [6.07, 6.45) is 0.593. The van der Waals surface area contributed by atoms with Gasteiger partial charge in [-0.05, 0) is 24.6 Å². The maximum Gasteiger partial charge on any atom is 0.243 e. The Morgan fingerprint density at radius 3 is 2.65 bits per heavy atom. The van der Waals surface area contributed by atoms with Crippen LogP contribution in [-0.4, -0.2) is 62.8 Å². The van der Waals surface area contributed by atoms with Gasteiger partial charge in [-0.3, -0.25) is 4.79 Å². The second kappa shape index (κ2) is 6.88. The fourth-order valence-electron chi connectivity index (χ4n) is 3.07. The number of sulfonamides is 1. The van der Waals surface area contributed by atoms with Crippen LogP contribution in [0.1, 0.15) is 6.42 Å². The van der Waals surface area contributed by atoms with Gasteiger partial charge in [0.25, 0.3) is 0 Å². The Hall–Kier alpha value is -0.960. The molecule has 0 aliphatic carbocycles. The summed E-state index contributed by atoms with van der Waals surface area (Å²) in [6.45, 7) is 3.69. The Kier molecular flexibility index (Phi) is 5.05. The van der Waals surface area contributed by atoms with E-state index < -0.39 is 10.0 Å². The van der Waals surface area contributed by atoms with Gasteiger partial charge in [-0.1, -0.05) is 22.0 Å². The van der Waals surface area contributed by atoms with Crippen LogP contribution in [0.4, 0.5) is 0 Å². The summed E-state index contributed by atoms with van der Waals surface area (Å²) in [6, 6.07) is 6.68. The molecule has 8 heteroatoms. The third kappa shape index (κ3) is 3.60. The van der Waals surface area contributed by atoms with Crippen molar-refractivity contribution in [3.63, 3.8) is 0 Å². The predicted molar refractivity (Wildman–Crippen MR) is 90.5 cm³/mol. The van der Waals surface area contributed by atoms with E-state index in [0.29, 0.717) is 26.1 Å². The van der Waals surface area contributed by atoms with E-state index in [1.54, 1.807) is 24.3 Å². The van der Waals surface area contributed by atoms with Crippen LogP contribution >= 0.6 is 15.9 Å². The van der Waals surface area contributed by atoms with Gasteiger partial charge in [-0.2, -0.15) is 4.31 Å². The molecule has 1 amide bonds. The summed E-state index contributed by atoms with van der Waals surface area (Å²) in [7, 11) is -3.54.